The summed E-state index contributed by atoms with van der Waals surface area (Å²) in [6.45, 7) is 5.53. The van der Waals surface area contributed by atoms with Gasteiger partial charge in [0.2, 0.25) is 16.8 Å². The van der Waals surface area contributed by atoms with Crippen LogP contribution in [0.15, 0.2) is 53.4 Å². The van der Waals surface area contributed by atoms with Crippen molar-refractivity contribution in [3.05, 3.63) is 54.1 Å². The first-order chi connectivity index (χ1) is 24.0. The van der Waals surface area contributed by atoms with Crippen LogP contribution < -0.4 is 14.8 Å². The van der Waals surface area contributed by atoms with E-state index < -0.39 is 46.1 Å². The number of carbonyl (C=O) groups is 2. The maximum atomic E-state index is 14.3. The van der Waals surface area contributed by atoms with Gasteiger partial charge in [0.1, 0.15) is 6.10 Å². The lowest BCUT2D eigenvalue weighted by Gasteiger charge is -2.35. The van der Waals surface area contributed by atoms with Gasteiger partial charge in [0.25, 0.3) is 0 Å². The van der Waals surface area contributed by atoms with Crippen LogP contribution in [0.4, 0.5) is 9.59 Å². The molecule has 14 nitrogen and oxygen atoms in total. The number of aliphatic hydroxyl groups excluding tert-OH is 1. The highest BCUT2D eigenvalue weighted by Gasteiger charge is 2.44. The third-order valence-corrected chi connectivity index (χ3v) is 11.5. The normalized spacial score (nSPS) is 22.7. The monoisotopic (exact) mass is 717 g/mol. The Labute approximate surface area is 292 Å². The summed E-state index contributed by atoms with van der Waals surface area (Å²) in [5.74, 6) is 0.665. The Kier molecular flexibility index (Phi) is 11.4. The van der Waals surface area contributed by atoms with Crippen molar-refractivity contribution in [2.24, 2.45) is 11.3 Å². The molecule has 4 aliphatic rings. The highest BCUT2D eigenvalue weighted by Crippen LogP contribution is 2.36. The summed E-state index contributed by atoms with van der Waals surface area (Å²) in [4.78, 5) is 27.4. The minimum Gasteiger partial charge on any atom is -0.454 e. The Hall–Kier alpha value is -3.63. The van der Waals surface area contributed by atoms with Gasteiger partial charge in [0, 0.05) is 32.2 Å². The van der Waals surface area contributed by atoms with Crippen molar-refractivity contribution in [3.8, 4) is 11.5 Å². The molecule has 0 saturated carbocycles. The van der Waals surface area contributed by atoms with Crippen molar-refractivity contribution in [1.29, 1.82) is 0 Å². The number of likely N-dealkylation sites (tertiary alicyclic amines) is 1. The number of aliphatic hydroxyl groups is 1. The van der Waals surface area contributed by atoms with Crippen molar-refractivity contribution < 1.29 is 51.5 Å². The fraction of sp³-hybridized carbons (Fsp3) is 0.600. The molecule has 0 aliphatic carbocycles. The molecule has 50 heavy (non-hydrogen) atoms. The standard InChI is InChI=1S/C35H47N3O11S/c1-35(2,13-17-45-34(41)37-14-6-7-15-37)22-38(50(42,43)25-10-11-29-30(19-25)48-23-47-29)20-28(39)27(18-24-8-4-3-5-9-24)36-33(40)49-31-21-46-32-26(31)12-16-44-32/h3-5,8-11,19,26-28,31-32,39H,6-7,12-18,20-23H2,1-2H3,(H,36,40)/t26-,27-,28+,31-,32+/m0/s1. The van der Waals surface area contributed by atoms with Gasteiger partial charge in [-0.05, 0) is 55.2 Å². The number of hydrogen-bond acceptors (Lipinski definition) is 11. The largest absolute Gasteiger partial charge is 0.454 e. The van der Waals surface area contributed by atoms with Gasteiger partial charge in [-0.2, -0.15) is 4.31 Å². The minimum absolute atomic E-state index is 0.0191. The lowest BCUT2D eigenvalue weighted by molar-refractivity contribution is -0.0907. The number of alkyl carbamates (subject to hydrolysis) is 1. The van der Waals surface area contributed by atoms with E-state index in [1.807, 2.05) is 44.2 Å². The molecule has 2 aromatic rings. The lowest BCUT2D eigenvalue weighted by Crippen LogP contribution is -2.52. The van der Waals surface area contributed by atoms with E-state index in [-0.39, 0.29) is 56.4 Å². The zero-order valence-electron chi connectivity index (χ0n) is 28.5. The van der Waals surface area contributed by atoms with E-state index in [0.717, 1.165) is 18.4 Å². The van der Waals surface area contributed by atoms with E-state index in [2.05, 4.69) is 5.32 Å². The molecule has 2 amide bonds. The second kappa shape index (κ2) is 15.7. The Morgan fingerprint density at radius 3 is 2.62 bits per heavy atom. The number of rotatable bonds is 14. The average molecular weight is 718 g/mol. The summed E-state index contributed by atoms with van der Waals surface area (Å²) in [5.41, 5.74) is 0.147. The maximum absolute atomic E-state index is 14.3. The smallest absolute Gasteiger partial charge is 0.409 e. The van der Waals surface area contributed by atoms with Crippen LogP contribution in [-0.4, -0.2) is 112 Å². The van der Waals surface area contributed by atoms with E-state index in [9.17, 15) is 23.1 Å². The van der Waals surface area contributed by atoms with Gasteiger partial charge >= 0.3 is 12.2 Å². The van der Waals surface area contributed by atoms with Gasteiger partial charge in [-0.1, -0.05) is 44.2 Å². The van der Waals surface area contributed by atoms with Gasteiger partial charge in [0.15, 0.2) is 17.8 Å². The first-order valence-electron chi connectivity index (χ1n) is 17.2. The van der Waals surface area contributed by atoms with Crippen LogP contribution in [0.1, 0.15) is 45.1 Å². The number of hydrogen-bond donors (Lipinski definition) is 2. The van der Waals surface area contributed by atoms with E-state index in [0.29, 0.717) is 44.0 Å². The highest BCUT2D eigenvalue weighted by atomic mass is 32.2. The van der Waals surface area contributed by atoms with Crippen molar-refractivity contribution >= 4 is 22.2 Å². The zero-order valence-corrected chi connectivity index (χ0v) is 29.3. The predicted octanol–water partition coefficient (Wildman–Crippen LogP) is 3.51. The lowest BCUT2D eigenvalue weighted by atomic mass is 9.89. The summed E-state index contributed by atoms with van der Waals surface area (Å²) in [5, 5.41) is 14.6. The van der Waals surface area contributed by atoms with Gasteiger partial charge in [-0.15, -0.1) is 0 Å². The molecule has 4 aliphatic heterocycles. The molecule has 0 bridgehead atoms. The second-order valence-corrected chi connectivity index (χ2v) is 16.0. The molecule has 2 N–H and O–H groups in total. The topological polar surface area (TPSA) is 162 Å². The first kappa shape index (κ1) is 36.2. The average Bonchev–Trinajstić information content (AvgIpc) is 3.91. The fourth-order valence-electron chi connectivity index (χ4n) is 6.75. The molecule has 0 spiro atoms. The van der Waals surface area contributed by atoms with Crippen LogP contribution >= 0.6 is 0 Å². The van der Waals surface area contributed by atoms with E-state index >= 15 is 0 Å². The molecule has 15 heteroatoms. The van der Waals surface area contributed by atoms with Crippen LogP contribution in [0.5, 0.6) is 11.5 Å². The molecule has 5 atom stereocenters. The quantitative estimate of drug-likeness (QED) is 0.294. The number of ether oxygens (including phenoxy) is 6. The molecular weight excluding hydrogens is 670 g/mol. The van der Waals surface area contributed by atoms with Crippen LogP contribution in [0.25, 0.3) is 0 Å². The molecule has 2 aromatic carbocycles. The summed E-state index contributed by atoms with van der Waals surface area (Å²) in [6.07, 6.45) is -0.199. The molecule has 4 heterocycles. The van der Waals surface area contributed by atoms with Crippen molar-refractivity contribution in [2.75, 3.05) is 52.8 Å². The number of sulfonamides is 1. The van der Waals surface area contributed by atoms with Gasteiger partial charge < -0.3 is 43.7 Å². The Balaban J connectivity index is 1.20. The molecule has 6 rings (SSSR count). The Morgan fingerprint density at radius 1 is 1.08 bits per heavy atom. The highest BCUT2D eigenvalue weighted by molar-refractivity contribution is 7.89. The number of nitrogens with zero attached hydrogens (tertiary/aromatic N) is 2. The van der Waals surface area contributed by atoms with Crippen LogP contribution in [-0.2, 0) is 35.4 Å². The number of nitrogens with one attached hydrogen (secondary N) is 1. The minimum atomic E-state index is -4.22. The number of benzene rings is 2. The molecule has 3 saturated heterocycles. The number of amides is 2. The summed E-state index contributed by atoms with van der Waals surface area (Å²) >= 11 is 0. The Morgan fingerprint density at radius 2 is 1.84 bits per heavy atom. The van der Waals surface area contributed by atoms with E-state index in [4.69, 9.17) is 28.4 Å². The second-order valence-electron chi connectivity index (χ2n) is 14.0. The molecule has 274 valence electrons. The maximum Gasteiger partial charge on any atom is 0.409 e. The first-order valence-corrected chi connectivity index (χ1v) is 18.7. The number of carbonyl (C=O) groups excluding carboxylic acids is 2. The van der Waals surface area contributed by atoms with Crippen LogP contribution in [0, 0.1) is 11.3 Å². The molecule has 0 aromatic heterocycles. The van der Waals surface area contributed by atoms with Crippen LogP contribution in [0.3, 0.4) is 0 Å². The zero-order chi connectivity index (χ0) is 35.3. The van der Waals surface area contributed by atoms with Crippen molar-refractivity contribution in [3.63, 3.8) is 0 Å². The third kappa shape index (κ3) is 8.80. The SMILES string of the molecule is CC(C)(CCOC(=O)N1CCCC1)CN(C[C@@H](O)[C@H](Cc1ccccc1)NC(=O)O[C@H]1CO[C@H]2OCC[C@H]21)S(=O)(=O)c1ccc2c(c1)OCO2. The van der Waals surface area contributed by atoms with E-state index in [1.54, 1.807) is 4.90 Å². The van der Waals surface area contributed by atoms with Gasteiger partial charge in [-0.25, -0.2) is 18.0 Å². The Bertz CT molecular complexity index is 1590. The van der Waals surface area contributed by atoms with E-state index in [1.165, 1.54) is 22.5 Å². The molecule has 0 radical (unpaired) electrons. The van der Waals surface area contributed by atoms with Gasteiger partial charge in [0.05, 0.1) is 42.8 Å². The summed E-state index contributed by atoms with van der Waals surface area (Å²) in [7, 11) is -4.22. The molecular formula is C35H47N3O11S. The summed E-state index contributed by atoms with van der Waals surface area (Å²) in [6, 6.07) is 12.8. The van der Waals surface area contributed by atoms with Crippen LogP contribution in [0.2, 0.25) is 0 Å². The molecule has 3 fully saturated rings. The summed E-state index contributed by atoms with van der Waals surface area (Å²) < 4.78 is 63.2. The third-order valence-electron chi connectivity index (χ3n) is 9.66. The predicted molar refractivity (Wildman–Crippen MR) is 179 cm³/mol. The molecule has 0 unspecified atom stereocenters. The van der Waals surface area contributed by atoms with Crippen molar-refractivity contribution in [1.82, 2.24) is 14.5 Å². The van der Waals surface area contributed by atoms with Gasteiger partial charge in [-0.3, -0.25) is 0 Å². The fourth-order valence-corrected chi connectivity index (χ4v) is 8.42. The van der Waals surface area contributed by atoms with Crippen molar-refractivity contribution in [2.45, 2.75) is 75.4 Å². The number of fused-ring (bicyclic) bond motifs is 2.